The van der Waals surface area contributed by atoms with Crippen LogP contribution in [0.2, 0.25) is 10.3 Å². The maximum absolute atomic E-state index is 12.0. The molecule has 0 saturated heterocycles. The van der Waals surface area contributed by atoms with E-state index in [1.54, 1.807) is 67.1 Å². The van der Waals surface area contributed by atoms with Gasteiger partial charge < -0.3 is 74.2 Å². The van der Waals surface area contributed by atoms with E-state index in [0.717, 1.165) is 20.9 Å². The minimum Gasteiger partial charge on any atom is -0.480 e. The summed E-state index contributed by atoms with van der Waals surface area (Å²) in [7, 11) is 0.920. The van der Waals surface area contributed by atoms with Crippen LogP contribution in [0.3, 0.4) is 0 Å². The average Bonchev–Trinajstić information content (AvgIpc) is 0.828. The molecule has 0 aliphatic carbocycles. The van der Waals surface area contributed by atoms with E-state index < -0.39 is 33.5 Å². The molecule has 0 unspecified atom stereocenters. The Hall–Kier alpha value is -12.4. The highest BCUT2D eigenvalue weighted by molar-refractivity contribution is 7.99. The van der Waals surface area contributed by atoms with Crippen LogP contribution >= 0.6 is 58.5 Å². The Morgan fingerprint density at radius 1 is 0.417 bits per heavy atom. The molecule has 15 N–H and O–H groups in total. The lowest BCUT2D eigenvalue weighted by molar-refractivity contribution is 0.0689. The zero-order chi connectivity index (χ0) is 74.6. The number of nitrogens with one attached hydrogen (secondary N) is 6. The van der Waals surface area contributed by atoms with Gasteiger partial charge in [0.05, 0.1) is 44.1 Å². The van der Waals surface area contributed by atoms with Gasteiger partial charge in [0, 0.05) is 88.2 Å². The number of sulfone groups is 1. The Kier molecular flexibility index (Phi) is 29.0. The summed E-state index contributed by atoms with van der Waals surface area (Å²) in [6, 6.07) is 29.7. The highest BCUT2D eigenvalue weighted by Crippen LogP contribution is 2.32. The van der Waals surface area contributed by atoms with Crippen molar-refractivity contribution >= 4 is 167 Å². The van der Waals surface area contributed by atoms with Crippen molar-refractivity contribution in [2.45, 2.75) is 19.6 Å². The van der Waals surface area contributed by atoms with Crippen LogP contribution in [0.4, 0.5) is 75.1 Å². The SMILES string of the molecule is COc1ccc(N)nn1.COc1ccc(Nc2cc(Nc3ncccc3S(C)(=O)=O)c(C(N)=O)nn2)nn1.COc1ccc(Nc2cc(Nc3ncccc3SC)c(C(N)=O)nn2)nn1.CSc1cccnc1Nc1cc(Cl)nnc1C(=O)O.CSc1cccnc1Nc1cc(Cl)nnc1C(N)=O. The van der Waals surface area contributed by atoms with Gasteiger partial charge in [-0.25, -0.2) is 33.1 Å². The first-order chi connectivity index (χ1) is 49.4. The van der Waals surface area contributed by atoms with Crippen LogP contribution in [0.25, 0.3) is 0 Å². The van der Waals surface area contributed by atoms with Crippen molar-refractivity contribution in [1.29, 1.82) is 0 Å². The Balaban J connectivity index is 0.000000187. The van der Waals surface area contributed by atoms with Crippen molar-refractivity contribution in [3.05, 3.63) is 167 Å². The van der Waals surface area contributed by atoms with Gasteiger partial charge in [0.25, 0.3) is 17.7 Å². The number of carboxylic acids is 1. The molecule has 38 nitrogen and oxygen atoms in total. The first-order valence-electron chi connectivity index (χ1n) is 28.5. The number of rotatable bonds is 23. The number of methoxy groups -OCH3 is 3. The smallest absolute Gasteiger partial charge is 0.358 e. The number of pyridine rings is 4. The number of amides is 3. The fourth-order valence-electron chi connectivity index (χ4n) is 7.66. The van der Waals surface area contributed by atoms with Crippen LogP contribution < -0.4 is 69.0 Å². The molecule has 11 aromatic heterocycles. The summed E-state index contributed by atoms with van der Waals surface area (Å²) >= 11 is 16.0. The van der Waals surface area contributed by atoms with Crippen molar-refractivity contribution in [2.75, 3.05) is 84.0 Å². The fraction of sp³-hybridized carbons (Fsp3) is 0.119. The van der Waals surface area contributed by atoms with Gasteiger partial charge in [-0.2, -0.15) is 0 Å². The van der Waals surface area contributed by atoms with Gasteiger partial charge in [0.1, 0.15) is 34.0 Å². The van der Waals surface area contributed by atoms with E-state index in [1.807, 2.05) is 49.1 Å². The summed E-state index contributed by atoms with van der Waals surface area (Å²) in [5, 5.41) is 79.5. The van der Waals surface area contributed by atoms with Gasteiger partial charge >= 0.3 is 5.97 Å². The molecule has 0 aliphatic heterocycles. The summed E-state index contributed by atoms with van der Waals surface area (Å²) in [6.45, 7) is 0. The molecule has 0 aromatic carbocycles. The number of thioether (sulfide) groups is 3. The second-order valence-corrected chi connectivity index (χ2v) is 24.5. The number of aromatic carboxylic acids is 1. The number of nitrogen functional groups attached to an aromatic ring is 1. The molecule has 11 heterocycles. The molecule has 0 aliphatic rings. The zero-order valence-electron chi connectivity index (χ0n) is 54.6. The third kappa shape index (κ3) is 23.4. The van der Waals surface area contributed by atoms with Crippen molar-refractivity contribution < 1.29 is 46.9 Å². The molecule has 103 heavy (non-hydrogen) atoms. The Morgan fingerprint density at radius 3 is 1.09 bits per heavy atom. The van der Waals surface area contributed by atoms with E-state index in [1.165, 1.54) is 93.1 Å². The molecule has 532 valence electrons. The number of carbonyl (C=O) groups excluding carboxylic acids is 3. The Labute approximate surface area is 607 Å². The standard InChI is InChI=1S/C16H16N8O4S.C16H16N8O2S.C11H10ClN5OS.C11H9ClN4O2S.C5H7N3O/c1-28-13-6-5-11(21-23-13)20-12-8-9(14(15(17)25)24-22-12)19-16-10(29(2,26)27)4-3-7-18-16;1-26-13-6-5-11(21-23-13)20-12-8-9(14(15(17)25)24-22-12)19-16-10(27-2)4-3-7-18-16;1-19-7-3-2-4-14-11(7)15-6-5-8(12)16-17-9(6)10(13)18;1-19-7-3-2-4-13-10(7)14-6-5-8(12)15-16-9(6)11(17)18;1-9-5-3-2-4(6)7-8-5/h3-8H,1-2H3,(H2,17,25)(H2,18,19,20,21,22);3-8H,1-2H3,(H2,17,25)(H2,18,19,20,21,22);2-5H,1H3,(H2,13,18)(H,14,15,16);2-5H,1H3,(H,17,18)(H,13,14,15);2-3H,1H3,(H2,6,7). The van der Waals surface area contributed by atoms with Gasteiger partial charge in [0.15, 0.2) is 66.2 Å². The minimum atomic E-state index is -3.57. The monoisotopic (exact) mass is 1520 g/mol. The molecular weight excluding hydrogens is 1460 g/mol. The molecule has 0 saturated carbocycles. The number of carbonyl (C=O) groups is 4. The van der Waals surface area contributed by atoms with Crippen LogP contribution in [0.5, 0.6) is 17.6 Å². The van der Waals surface area contributed by atoms with E-state index in [2.05, 4.69) is 123 Å². The number of aromatic nitrogens is 18. The summed E-state index contributed by atoms with van der Waals surface area (Å²) in [5.74, 6) is 1.22. The molecule has 11 rings (SSSR count). The third-order valence-corrected chi connectivity index (χ3v) is 16.1. The maximum atomic E-state index is 12.0. The molecule has 0 atom stereocenters. The number of nitrogens with two attached hydrogens (primary N) is 4. The van der Waals surface area contributed by atoms with E-state index in [0.29, 0.717) is 69.7 Å². The topological polar surface area (TPSA) is 559 Å². The lowest BCUT2D eigenvalue weighted by Gasteiger charge is -2.12. The maximum Gasteiger partial charge on any atom is 0.358 e. The third-order valence-electron chi connectivity index (χ3n) is 12.3. The first-order valence-corrected chi connectivity index (χ1v) is 34.8. The van der Waals surface area contributed by atoms with E-state index in [4.69, 9.17) is 65.5 Å². The molecule has 0 spiro atoms. The molecule has 0 fully saturated rings. The Bertz CT molecular complexity index is 4760. The van der Waals surface area contributed by atoms with Gasteiger partial charge in [0.2, 0.25) is 17.6 Å². The van der Waals surface area contributed by atoms with E-state index in [-0.39, 0.29) is 61.0 Å². The number of halogens is 2. The number of nitrogens with zero attached hydrogens (tertiary/aromatic N) is 18. The second-order valence-electron chi connectivity index (χ2n) is 19.2. The summed E-state index contributed by atoms with van der Waals surface area (Å²) in [6.07, 6.45) is 13.1. The van der Waals surface area contributed by atoms with Crippen LogP contribution in [0.15, 0.2) is 154 Å². The van der Waals surface area contributed by atoms with Crippen molar-refractivity contribution in [1.82, 2.24) is 91.3 Å². The molecule has 11 aromatic rings. The van der Waals surface area contributed by atoms with Gasteiger partial charge in [-0.1, -0.05) is 23.2 Å². The van der Waals surface area contributed by atoms with Crippen LogP contribution in [0.1, 0.15) is 42.0 Å². The molecule has 44 heteroatoms. The van der Waals surface area contributed by atoms with E-state index in [9.17, 15) is 27.6 Å². The minimum absolute atomic E-state index is 0.000860. The molecule has 0 bridgehead atoms. The number of ether oxygens (including phenoxy) is 3. The predicted molar refractivity (Wildman–Crippen MR) is 386 cm³/mol. The average molecular weight is 1520 g/mol. The lowest BCUT2D eigenvalue weighted by atomic mass is 10.3. The number of anilines is 13. The normalized spacial score (nSPS) is 10.3. The van der Waals surface area contributed by atoms with Crippen LogP contribution in [-0.4, -0.2) is 175 Å². The Morgan fingerprint density at radius 2 is 0.748 bits per heavy atom. The number of hydrogen-bond acceptors (Lipinski definition) is 37. The lowest BCUT2D eigenvalue weighted by Crippen LogP contribution is -2.17. The summed E-state index contributed by atoms with van der Waals surface area (Å²) in [4.78, 5) is 65.1. The summed E-state index contributed by atoms with van der Waals surface area (Å²) in [5.41, 5.74) is 22.0. The van der Waals surface area contributed by atoms with Crippen molar-refractivity contribution in [3.63, 3.8) is 0 Å². The van der Waals surface area contributed by atoms with Gasteiger partial charge in [-0.3, -0.25) is 14.4 Å². The fourth-order valence-corrected chi connectivity index (χ4v) is 10.3. The molecular formula is C59H58Cl2N28O10S4. The van der Waals surface area contributed by atoms with Crippen molar-refractivity contribution in [3.8, 4) is 17.6 Å². The van der Waals surface area contributed by atoms with Gasteiger partial charge in [-0.05, 0) is 85.5 Å². The summed E-state index contributed by atoms with van der Waals surface area (Å²) < 4.78 is 38.6. The van der Waals surface area contributed by atoms with Gasteiger partial charge in [-0.15, -0.1) is 107 Å². The van der Waals surface area contributed by atoms with Crippen LogP contribution in [0, 0.1) is 0 Å². The largest absolute Gasteiger partial charge is 0.480 e. The highest BCUT2D eigenvalue weighted by atomic mass is 35.5. The molecule has 3 amide bonds. The van der Waals surface area contributed by atoms with E-state index >= 15 is 0 Å². The predicted octanol–water partition coefficient (Wildman–Crippen LogP) is 7.48. The second kappa shape index (κ2) is 38.3. The number of hydrogen-bond donors (Lipinski definition) is 11. The molecule has 0 radical (unpaired) electrons. The number of carboxylic acid groups (broad SMARTS) is 1. The van der Waals surface area contributed by atoms with Crippen molar-refractivity contribution in [2.24, 2.45) is 17.2 Å². The van der Waals surface area contributed by atoms with Crippen LogP contribution in [-0.2, 0) is 9.84 Å². The first kappa shape index (κ1) is 78.0. The number of primary amides is 3. The zero-order valence-corrected chi connectivity index (χ0v) is 59.3. The quantitative estimate of drug-likeness (QED) is 0.0276. The highest BCUT2D eigenvalue weighted by Gasteiger charge is 2.21.